The topological polar surface area (TPSA) is 117 Å². The summed E-state index contributed by atoms with van der Waals surface area (Å²) in [6.07, 6.45) is 0.798. The fourth-order valence-corrected chi connectivity index (χ4v) is 3.12. The van der Waals surface area contributed by atoms with E-state index < -0.39 is 36.3 Å². The Hall–Kier alpha value is -4.13. The number of aromatic nitrogens is 2. The summed E-state index contributed by atoms with van der Waals surface area (Å²) in [4.78, 5) is 20.2. The molecular formula is C23H21F3N6O. The molecule has 0 saturated heterocycles. The van der Waals surface area contributed by atoms with E-state index in [4.69, 9.17) is 5.73 Å². The van der Waals surface area contributed by atoms with Gasteiger partial charge in [-0.3, -0.25) is 9.78 Å². The van der Waals surface area contributed by atoms with Crippen molar-refractivity contribution in [3.8, 4) is 6.07 Å². The molecule has 170 valence electrons. The number of halogens is 3. The number of carbonyl (C=O) groups is 1. The molecule has 0 saturated carbocycles. The van der Waals surface area contributed by atoms with Crippen LogP contribution in [-0.4, -0.2) is 22.4 Å². The van der Waals surface area contributed by atoms with Crippen LogP contribution in [0, 0.1) is 24.1 Å². The maximum absolute atomic E-state index is 15.1. The van der Waals surface area contributed by atoms with Crippen molar-refractivity contribution < 1.29 is 18.0 Å². The average molecular weight is 454 g/mol. The number of rotatable bonds is 8. The summed E-state index contributed by atoms with van der Waals surface area (Å²) in [7, 11) is 0. The summed E-state index contributed by atoms with van der Waals surface area (Å²) in [5.74, 6) is -4.49. The molecule has 10 heteroatoms. The number of hydrogen-bond donors (Lipinski definition) is 3. The lowest BCUT2D eigenvalue weighted by Gasteiger charge is -2.18. The van der Waals surface area contributed by atoms with Crippen molar-refractivity contribution >= 4 is 17.4 Å². The number of nitrogen functional groups attached to an aromatic ring is 1. The first-order chi connectivity index (χ1) is 15.7. The minimum Gasteiger partial charge on any atom is -0.384 e. The molecule has 2 aromatic heterocycles. The lowest BCUT2D eigenvalue weighted by molar-refractivity contribution is -0.120. The van der Waals surface area contributed by atoms with E-state index in [-0.39, 0.29) is 23.4 Å². The number of nitrogens with zero attached hydrogens (tertiary/aromatic N) is 3. The predicted molar refractivity (Wildman–Crippen MR) is 117 cm³/mol. The minimum absolute atomic E-state index is 0.0602. The first-order valence-corrected chi connectivity index (χ1v) is 9.94. The summed E-state index contributed by atoms with van der Waals surface area (Å²) in [5, 5.41) is 14.3. The zero-order valence-corrected chi connectivity index (χ0v) is 17.7. The van der Waals surface area contributed by atoms with Crippen LogP contribution in [0.1, 0.15) is 28.1 Å². The van der Waals surface area contributed by atoms with Gasteiger partial charge in [-0.15, -0.1) is 0 Å². The van der Waals surface area contributed by atoms with Crippen molar-refractivity contribution in [3.63, 3.8) is 0 Å². The van der Waals surface area contributed by atoms with E-state index in [9.17, 15) is 18.8 Å². The summed E-state index contributed by atoms with van der Waals surface area (Å²) < 4.78 is 43.8. The second-order valence-corrected chi connectivity index (χ2v) is 7.27. The van der Waals surface area contributed by atoms with Crippen molar-refractivity contribution in [2.24, 2.45) is 0 Å². The quantitative estimate of drug-likeness (QED) is 0.480. The number of benzene rings is 1. The smallest absolute Gasteiger partial charge is 0.306 e. The van der Waals surface area contributed by atoms with Crippen molar-refractivity contribution in [1.29, 1.82) is 5.26 Å². The van der Waals surface area contributed by atoms with Gasteiger partial charge in [-0.1, -0.05) is 12.1 Å². The number of amides is 1. The van der Waals surface area contributed by atoms with Crippen molar-refractivity contribution in [2.75, 3.05) is 17.6 Å². The van der Waals surface area contributed by atoms with E-state index in [2.05, 4.69) is 20.6 Å². The summed E-state index contributed by atoms with van der Waals surface area (Å²) in [6, 6.07) is 11.7. The molecule has 3 rings (SSSR count). The van der Waals surface area contributed by atoms with E-state index in [0.29, 0.717) is 11.5 Å². The van der Waals surface area contributed by atoms with Gasteiger partial charge in [0.1, 0.15) is 11.5 Å². The molecule has 1 aromatic carbocycles. The van der Waals surface area contributed by atoms with Gasteiger partial charge in [0.2, 0.25) is 5.91 Å². The number of anilines is 2. The Morgan fingerprint density at radius 2 is 2.00 bits per heavy atom. The van der Waals surface area contributed by atoms with Gasteiger partial charge in [-0.2, -0.15) is 14.0 Å². The highest BCUT2D eigenvalue weighted by Crippen LogP contribution is 2.28. The third-order valence-corrected chi connectivity index (χ3v) is 4.93. The van der Waals surface area contributed by atoms with Crippen LogP contribution in [0.3, 0.4) is 0 Å². The molecule has 1 amide bonds. The average Bonchev–Trinajstić information content (AvgIpc) is 2.79. The van der Waals surface area contributed by atoms with Crippen LogP contribution in [0.5, 0.6) is 0 Å². The highest BCUT2D eigenvalue weighted by atomic mass is 19.3. The number of alkyl halides is 2. The molecule has 0 spiro atoms. The van der Waals surface area contributed by atoms with Crippen LogP contribution < -0.4 is 16.4 Å². The van der Waals surface area contributed by atoms with E-state index in [1.54, 1.807) is 19.1 Å². The lowest BCUT2D eigenvalue weighted by Crippen LogP contribution is -2.27. The molecule has 2 heterocycles. The van der Waals surface area contributed by atoms with E-state index in [1.165, 1.54) is 36.5 Å². The molecule has 0 unspecified atom stereocenters. The van der Waals surface area contributed by atoms with Crippen LogP contribution in [-0.2, 0) is 23.7 Å². The summed E-state index contributed by atoms with van der Waals surface area (Å²) >= 11 is 0. The highest BCUT2D eigenvalue weighted by molar-refractivity contribution is 5.80. The normalized spacial score (nSPS) is 11.0. The number of pyridine rings is 2. The molecule has 0 bridgehead atoms. The number of hydrogen-bond acceptors (Lipinski definition) is 6. The van der Waals surface area contributed by atoms with Crippen LogP contribution in [0.2, 0.25) is 0 Å². The molecule has 0 atom stereocenters. The van der Waals surface area contributed by atoms with Crippen molar-refractivity contribution in [2.45, 2.75) is 25.8 Å². The third kappa shape index (κ3) is 5.77. The lowest BCUT2D eigenvalue weighted by atomic mass is 10.0. The molecule has 3 aromatic rings. The predicted octanol–water partition coefficient (Wildman–Crippen LogP) is 3.44. The molecule has 0 fully saturated rings. The van der Waals surface area contributed by atoms with Crippen LogP contribution >= 0.6 is 0 Å². The Balaban J connectivity index is 1.72. The zero-order chi connectivity index (χ0) is 24.0. The molecule has 4 N–H and O–H groups in total. The van der Waals surface area contributed by atoms with Crippen molar-refractivity contribution in [1.82, 2.24) is 15.3 Å². The Bertz CT molecular complexity index is 1190. The van der Waals surface area contributed by atoms with Gasteiger partial charge < -0.3 is 16.4 Å². The fraction of sp³-hybridized carbons (Fsp3) is 0.217. The Morgan fingerprint density at radius 1 is 1.21 bits per heavy atom. The van der Waals surface area contributed by atoms with Crippen LogP contribution in [0.25, 0.3) is 0 Å². The van der Waals surface area contributed by atoms with E-state index in [1.807, 2.05) is 6.07 Å². The van der Waals surface area contributed by atoms with E-state index >= 15 is 4.39 Å². The monoisotopic (exact) mass is 454 g/mol. The number of aryl methyl sites for hydroxylation is 1. The number of nitrogens with one attached hydrogen (secondary N) is 2. The van der Waals surface area contributed by atoms with Gasteiger partial charge in [-0.05, 0) is 42.8 Å². The SMILES string of the molecule is Cc1nc(N)ccc1CNC(=O)Cc1c(C#N)ccc(NCC(F)(F)c2ccccn2)c1F. The minimum atomic E-state index is -3.36. The Labute approximate surface area is 188 Å². The zero-order valence-electron chi connectivity index (χ0n) is 17.7. The second kappa shape index (κ2) is 9.99. The van der Waals surface area contributed by atoms with Gasteiger partial charge in [-0.25, -0.2) is 9.37 Å². The number of carbonyl (C=O) groups excluding carboxylic acids is 1. The maximum atomic E-state index is 15.1. The molecule has 0 radical (unpaired) electrons. The molecule has 33 heavy (non-hydrogen) atoms. The van der Waals surface area contributed by atoms with Crippen molar-refractivity contribution in [3.05, 3.63) is 82.6 Å². The maximum Gasteiger partial charge on any atom is 0.306 e. The summed E-state index contributed by atoms with van der Waals surface area (Å²) in [6.45, 7) is 0.957. The molecule has 0 aliphatic rings. The highest BCUT2D eigenvalue weighted by Gasteiger charge is 2.33. The summed E-state index contributed by atoms with van der Waals surface area (Å²) in [5.41, 5.74) is 6.02. The molecule has 0 aliphatic heterocycles. The van der Waals surface area contributed by atoms with Crippen LogP contribution in [0.4, 0.5) is 24.7 Å². The van der Waals surface area contributed by atoms with Gasteiger partial charge in [0, 0.05) is 24.0 Å². The first kappa shape index (κ1) is 23.5. The third-order valence-electron chi connectivity index (χ3n) is 4.93. The van der Waals surface area contributed by atoms with Gasteiger partial charge in [0.15, 0.2) is 5.82 Å². The first-order valence-electron chi connectivity index (χ1n) is 9.94. The van der Waals surface area contributed by atoms with Gasteiger partial charge >= 0.3 is 5.92 Å². The second-order valence-electron chi connectivity index (χ2n) is 7.27. The van der Waals surface area contributed by atoms with E-state index in [0.717, 1.165) is 5.56 Å². The van der Waals surface area contributed by atoms with Gasteiger partial charge in [0.25, 0.3) is 0 Å². The molecular weight excluding hydrogens is 433 g/mol. The molecule has 0 aliphatic carbocycles. The van der Waals surface area contributed by atoms with Crippen LogP contribution in [0.15, 0.2) is 48.7 Å². The molecule has 7 nitrogen and oxygen atoms in total. The fourth-order valence-electron chi connectivity index (χ4n) is 3.12. The Morgan fingerprint density at radius 3 is 2.67 bits per heavy atom. The Kier molecular flexibility index (Phi) is 7.13. The largest absolute Gasteiger partial charge is 0.384 e. The number of nitriles is 1. The number of nitrogens with two attached hydrogens (primary N) is 1. The van der Waals surface area contributed by atoms with Gasteiger partial charge in [0.05, 0.1) is 30.3 Å². The standard InChI is InChI=1S/C23H21F3N6O/c1-14-16(6-8-20(28)32-14)12-30-21(33)10-17-15(11-27)5-7-18(22(17)24)31-13-23(25,26)19-4-2-3-9-29-19/h2-9,31H,10,12-13H2,1H3,(H2,28,32)(H,30,33).